The van der Waals surface area contributed by atoms with Crippen LogP contribution in [0, 0.1) is 5.92 Å². The van der Waals surface area contributed by atoms with Gasteiger partial charge in [0.15, 0.2) is 0 Å². The maximum absolute atomic E-state index is 12.2. The van der Waals surface area contributed by atoms with Gasteiger partial charge in [-0.2, -0.15) is 13.2 Å². The van der Waals surface area contributed by atoms with E-state index in [4.69, 9.17) is 0 Å². The molecule has 1 N–H and O–H groups in total. The Bertz CT molecular complexity index is 309. The molecular weight excluding hydrogens is 211 g/mol. The maximum atomic E-state index is 12.2. The first kappa shape index (κ1) is 10.4. The van der Waals surface area contributed by atoms with E-state index in [1.54, 1.807) is 0 Å². The molecule has 0 aliphatic carbocycles. The average Bonchev–Trinajstić information content (AvgIpc) is 2.46. The number of carbonyl (C=O) groups excluding carboxylic acids is 1. The molecule has 0 radical (unpaired) electrons. The molecule has 0 aromatic rings. The largest absolute Gasteiger partial charge is 0.471 e. The minimum atomic E-state index is -4.80. The van der Waals surface area contributed by atoms with E-state index in [0.29, 0.717) is 13.1 Å². The molecule has 7 heteroatoms. The smallest absolute Gasteiger partial charge is 0.315 e. The quantitative estimate of drug-likeness (QED) is 0.677. The van der Waals surface area contributed by atoms with Crippen LogP contribution in [-0.2, 0) is 4.79 Å². The Kier molecular flexibility index (Phi) is 2.41. The summed E-state index contributed by atoms with van der Waals surface area (Å²) in [7, 11) is 0. The van der Waals surface area contributed by atoms with Crippen LogP contribution in [0.15, 0.2) is 4.99 Å². The van der Waals surface area contributed by atoms with Crippen LogP contribution in [-0.4, -0.2) is 49.0 Å². The van der Waals surface area contributed by atoms with E-state index in [1.165, 1.54) is 0 Å². The lowest BCUT2D eigenvalue weighted by Crippen LogP contribution is -2.54. The molecule has 4 nitrogen and oxygen atoms in total. The molecule has 1 fully saturated rings. The molecule has 0 spiro atoms. The second kappa shape index (κ2) is 3.48. The fraction of sp³-hybridized carbons (Fsp3) is 0.750. The molecule has 0 aromatic heterocycles. The SMILES string of the molecule is O=C(N1CCN=C1C1CNC1)C(F)(F)F. The number of alkyl halides is 3. The number of aliphatic imine (C=N–C) groups is 1. The zero-order valence-corrected chi connectivity index (χ0v) is 7.84. The highest BCUT2D eigenvalue weighted by Gasteiger charge is 2.46. The fourth-order valence-electron chi connectivity index (χ4n) is 1.64. The lowest BCUT2D eigenvalue weighted by Gasteiger charge is -2.31. The summed E-state index contributed by atoms with van der Waals surface area (Å²) in [4.78, 5) is 15.7. The fourth-order valence-corrected chi connectivity index (χ4v) is 1.64. The molecule has 1 saturated heterocycles. The Morgan fingerprint density at radius 3 is 2.60 bits per heavy atom. The minimum absolute atomic E-state index is 0.0428. The van der Waals surface area contributed by atoms with E-state index >= 15 is 0 Å². The second-order valence-corrected chi connectivity index (χ2v) is 3.55. The van der Waals surface area contributed by atoms with E-state index in [1.807, 2.05) is 0 Å². The van der Waals surface area contributed by atoms with Gasteiger partial charge in [-0.15, -0.1) is 0 Å². The van der Waals surface area contributed by atoms with E-state index in [2.05, 4.69) is 10.3 Å². The van der Waals surface area contributed by atoms with Gasteiger partial charge in [-0.25, -0.2) is 0 Å². The minimum Gasteiger partial charge on any atom is -0.315 e. The van der Waals surface area contributed by atoms with Crippen molar-refractivity contribution < 1.29 is 18.0 Å². The van der Waals surface area contributed by atoms with Crippen LogP contribution in [0.5, 0.6) is 0 Å². The Morgan fingerprint density at radius 2 is 2.13 bits per heavy atom. The van der Waals surface area contributed by atoms with E-state index < -0.39 is 12.1 Å². The van der Waals surface area contributed by atoms with Crippen molar-refractivity contribution in [2.24, 2.45) is 10.9 Å². The summed E-state index contributed by atoms with van der Waals surface area (Å²) >= 11 is 0. The number of hydrogen-bond donors (Lipinski definition) is 1. The second-order valence-electron chi connectivity index (χ2n) is 3.55. The van der Waals surface area contributed by atoms with Crippen LogP contribution >= 0.6 is 0 Å². The Hall–Kier alpha value is -1.11. The third kappa shape index (κ3) is 1.83. The molecule has 1 amide bonds. The molecule has 0 unspecified atom stereocenters. The Balaban J connectivity index is 2.09. The highest BCUT2D eigenvalue weighted by molar-refractivity contribution is 6.03. The summed E-state index contributed by atoms with van der Waals surface area (Å²) in [5, 5.41) is 2.94. The third-order valence-corrected chi connectivity index (χ3v) is 2.51. The zero-order valence-electron chi connectivity index (χ0n) is 7.84. The summed E-state index contributed by atoms with van der Waals surface area (Å²) in [6.45, 7) is 1.51. The number of nitrogens with one attached hydrogen (secondary N) is 1. The van der Waals surface area contributed by atoms with Gasteiger partial charge in [0.25, 0.3) is 0 Å². The van der Waals surface area contributed by atoms with Crippen LogP contribution in [0.1, 0.15) is 0 Å². The first-order valence-electron chi connectivity index (χ1n) is 4.64. The van der Waals surface area contributed by atoms with Crippen molar-refractivity contribution >= 4 is 11.7 Å². The standard InChI is InChI=1S/C8H10F3N3O/c9-8(10,11)7(15)14-2-1-13-6(14)5-3-12-4-5/h5,12H,1-4H2. The summed E-state index contributed by atoms with van der Waals surface area (Å²) in [6.07, 6.45) is -4.80. The van der Waals surface area contributed by atoms with Crippen LogP contribution in [0.2, 0.25) is 0 Å². The number of amidine groups is 1. The van der Waals surface area contributed by atoms with Gasteiger partial charge in [-0.1, -0.05) is 0 Å². The molecule has 0 saturated carbocycles. The number of nitrogens with zero attached hydrogens (tertiary/aromatic N) is 2. The highest BCUT2D eigenvalue weighted by atomic mass is 19.4. The van der Waals surface area contributed by atoms with Gasteiger partial charge in [0.2, 0.25) is 0 Å². The van der Waals surface area contributed by atoms with E-state index in [0.717, 1.165) is 4.90 Å². The molecule has 0 bridgehead atoms. The molecule has 2 heterocycles. The molecular formula is C8H10F3N3O. The summed E-state index contributed by atoms with van der Waals surface area (Å²) < 4.78 is 36.6. The van der Waals surface area contributed by atoms with Gasteiger partial charge in [-0.05, 0) is 0 Å². The summed E-state index contributed by atoms with van der Waals surface area (Å²) in [6, 6.07) is 0. The van der Waals surface area contributed by atoms with Gasteiger partial charge >= 0.3 is 12.1 Å². The first-order chi connectivity index (χ1) is 7.00. The normalized spacial score (nSPS) is 22.6. The molecule has 2 aliphatic heterocycles. The van der Waals surface area contributed by atoms with Crippen molar-refractivity contribution in [2.45, 2.75) is 6.18 Å². The maximum Gasteiger partial charge on any atom is 0.471 e. The van der Waals surface area contributed by atoms with Gasteiger partial charge in [0.05, 0.1) is 6.54 Å². The molecule has 2 rings (SSSR count). The zero-order chi connectivity index (χ0) is 11.1. The number of carbonyl (C=O) groups is 1. The molecule has 84 valence electrons. The van der Waals surface area contributed by atoms with Crippen LogP contribution < -0.4 is 5.32 Å². The number of halogens is 3. The Morgan fingerprint density at radius 1 is 1.47 bits per heavy atom. The van der Waals surface area contributed by atoms with E-state index in [-0.39, 0.29) is 24.8 Å². The van der Waals surface area contributed by atoms with Crippen molar-refractivity contribution in [3.8, 4) is 0 Å². The van der Waals surface area contributed by atoms with Crippen molar-refractivity contribution in [2.75, 3.05) is 26.2 Å². The third-order valence-electron chi connectivity index (χ3n) is 2.51. The lowest BCUT2D eigenvalue weighted by atomic mass is 10.0. The molecule has 15 heavy (non-hydrogen) atoms. The summed E-state index contributed by atoms with van der Waals surface area (Å²) in [5.74, 6) is -1.56. The van der Waals surface area contributed by atoms with Crippen molar-refractivity contribution in [1.82, 2.24) is 10.2 Å². The predicted octanol–water partition coefficient (Wildman–Crippen LogP) is 0.00880. The number of hydrogen-bond acceptors (Lipinski definition) is 3. The topological polar surface area (TPSA) is 44.7 Å². The lowest BCUT2D eigenvalue weighted by molar-refractivity contribution is -0.181. The van der Waals surface area contributed by atoms with Gasteiger partial charge < -0.3 is 5.32 Å². The van der Waals surface area contributed by atoms with Crippen molar-refractivity contribution in [3.63, 3.8) is 0 Å². The van der Waals surface area contributed by atoms with Gasteiger partial charge in [0.1, 0.15) is 5.84 Å². The van der Waals surface area contributed by atoms with Crippen LogP contribution in [0.25, 0.3) is 0 Å². The first-order valence-corrected chi connectivity index (χ1v) is 4.64. The van der Waals surface area contributed by atoms with Gasteiger partial charge in [-0.3, -0.25) is 14.7 Å². The van der Waals surface area contributed by atoms with Gasteiger partial charge in [0, 0.05) is 25.6 Å². The van der Waals surface area contributed by atoms with Crippen molar-refractivity contribution in [3.05, 3.63) is 0 Å². The average molecular weight is 221 g/mol. The van der Waals surface area contributed by atoms with Crippen molar-refractivity contribution in [1.29, 1.82) is 0 Å². The molecule has 2 aliphatic rings. The summed E-state index contributed by atoms with van der Waals surface area (Å²) in [5.41, 5.74) is 0. The number of rotatable bonds is 1. The Labute approximate surface area is 84.1 Å². The predicted molar refractivity (Wildman–Crippen MR) is 46.4 cm³/mol. The number of amides is 1. The van der Waals surface area contributed by atoms with E-state index in [9.17, 15) is 18.0 Å². The monoisotopic (exact) mass is 221 g/mol. The van der Waals surface area contributed by atoms with Crippen LogP contribution in [0.4, 0.5) is 13.2 Å². The molecule has 0 atom stereocenters. The molecule has 0 aromatic carbocycles. The highest BCUT2D eigenvalue weighted by Crippen LogP contribution is 2.23. The van der Waals surface area contributed by atoms with Crippen LogP contribution in [0.3, 0.4) is 0 Å².